The zero-order valence-electron chi connectivity index (χ0n) is 9.53. The average molecular weight is 240 g/mol. The Hall–Kier alpha value is -1.23. The lowest BCUT2D eigenvalue weighted by atomic mass is 10.1. The molecule has 0 amide bonds. The molecule has 0 atom stereocenters. The van der Waals surface area contributed by atoms with Crippen molar-refractivity contribution in [2.75, 3.05) is 23.9 Å². The molecule has 88 valence electrons. The minimum Gasteiger partial charge on any atom is -0.379 e. The van der Waals surface area contributed by atoms with Gasteiger partial charge in [0.1, 0.15) is 5.69 Å². The van der Waals surface area contributed by atoms with Crippen molar-refractivity contribution >= 4 is 23.1 Å². The normalized spacial score (nSPS) is 10.1. The summed E-state index contributed by atoms with van der Waals surface area (Å²) in [6, 6.07) is 5.34. The van der Waals surface area contributed by atoms with Crippen molar-refractivity contribution in [1.82, 2.24) is 0 Å². The van der Waals surface area contributed by atoms with Crippen LogP contribution in [-0.2, 0) is 0 Å². The third kappa shape index (κ3) is 3.41. The molecule has 0 unspecified atom stereocenters. The Balaban J connectivity index is 2.71. The highest BCUT2D eigenvalue weighted by molar-refractivity contribution is 7.98. The van der Waals surface area contributed by atoms with E-state index in [1.807, 2.05) is 6.07 Å². The molecule has 0 aliphatic carbocycles. The van der Waals surface area contributed by atoms with Crippen LogP contribution < -0.4 is 5.32 Å². The molecule has 1 aromatic rings. The molecule has 0 aliphatic heterocycles. The van der Waals surface area contributed by atoms with Crippen LogP contribution in [0.3, 0.4) is 0 Å². The highest BCUT2D eigenvalue weighted by Crippen LogP contribution is 2.27. The second-order valence-electron chi connectivity index (χ2n) is 3.50. The Morgan fingerprint density at radius 1 is 1.50 bits per heavy atom. The molecule has 4 nitrogen and oxygen atoms in total. The van der Waals surface area contributed by atoms with Crippen LogP contribution in [0.2, 0.25) is 0 Å². The van der Waals surface area contributed by atoms with E-state index < -0.39 is 0 Å². The molecule has 16 heavy (non-hydrogen) atoms. The van der Waals surface area contributed by atoms with Crippen molar-refractivity contribution in [3.63, 3.8) is 0 Å². The zero-order valence-corrected chi connectivity index (χ0v) is 10.3. The number of nitro groups is 1. The molecular formula is C11H16N2O2S. The molecule has 0 saturated carbocycles. The number of nitrogens with zero attached hydrogens (tertiary/aromatic N) is 1. The van der Waals surface area contributed by atoms with Crippen molar-refractivity contribution in [1.29, 1.82) is 0 Å². The van der Waals surface area contributed by atoms with Gasteiger partial charge in [0.25, 0.3) is 5.69 Å². The van der Waals surface area contributed by atoms with Gasteiger partial charge < -0.3 is 5.32 Å². The molecule has 0 radical (unpaired) electrons. The van der Waals surface area contributed by atoms with E-state index in [0.717, 1.165) is 18.7 Å². The van der Waals surface area contributed by atoms with E-state index in [1.54, 1.807) is 30.8 Å². The smallest absolute Gasteiger partial charge is 0.295 e. The number of benzene rings is 1. The number of aryl methyl sites for hydroxylation is 1. The number of thioether (sulfide) groups is 1. The monoisotopic (exact) mass is 240 g/mol. The van der Waals surface area contributed by atoms with Crippen molar-refractivity contribution < 1.29 is 4.92 Å². The van der Waals surface area contributed by atoms with Crippen LogP contribution in [0.1, 0.15) is 12.0 Å². The Morgan fingerprint density at radius 2 is 2.25 bits per heavy atom. The summed E-state index contributed by atoms with van der Waals surface area (Å²) < 4.78 is 0. The highest BCUT2D eigenvalue weighted by Gasteiger charge is 2.15. The Bertz CT molecular complexity index is 369. The first-order chi connectivity index (χ1) is 7.66. The van der Waals surface area contributed by atoms with Crippen LogP contribution in [0, 0.1) is 17.0 Å². The molecule has 1 aromatic carbocycles. The fourth-order valence-corrected chi connectivity index (χ4v) is 1.92. The molecular weight excluding hydrogens is 224 g/mol. The van der Waals surface area contributed by atoms with Crippen LogP contribution >= 0.6 is 11.8 Å². The quantitative estimate of drug-likeness (QED) is 0.471. The van der Waals surface area contributed by atoms with Crippen LogP contribution in [-0.4, -0.2) is 23.5 Å². The van der Waals surface area contributed by atoms with Gasteiger partial charge in [0.2, 0.25) is 0 Å². The molecule has 0 fully saturated rings. The first-order valence-electron chi connectivity index (χ1n) is 5.13. The number of anilines is 1. The van der Waals surface area contributed by atoms with Gasteiger partial charge in [0.15, 0.2) is 0 Å². The lowest BCUT2D eigenvalue weighted by Crippen LogP contribution is -2.05. The van der Waals surface area contributed by atoms with Gasteiger partial charge in [0.05, 0.1) is 4.92 Å². The summed E-state index contributed by atoms with van der Waals surface area (Å²) in [5.74, 6) is 1.06. The third-order valence-corrected chi connectivity index (χ3v) is 2.96. The van der Waals surface area contributed by atoms with Gasteiger partial charge >= 0.3 is 0 Å². The standard InChI is InChI=1S/C11H16N2O2S/c1-9-5-3-6-10(11(9)13(14)15)12-7-4-8-16-2/h3,5-6,12H,4,7-8H2,1-2H3. The highest BCUT2D eigenvalue weighted by atomic mass is 32.2. The third-order valence-electron chi connectivity index (χ3n) is 2.26. The SMILES string of the molecule is CSCCCNc1cccc(C)c1[N+](=O)[O-]. The van der Waals surface area contributed by atoms with Gasteiger partial charge in [-0.15, -0.1) is 0 Å². The Kier molecular flexibility index (Phi) is 5.11. The molecule has 1 N–H and O–H groups in total. The van der Waals surface area contributed by atoms with Crippen molar-refractivity contribution in [3.05, 3.63) is 33.9 Å². The number of para-hydroxylation sites is 1. The van der Waals surface area contributed by atoms with E-state index in [4.69, 9.17) is 0 Å². The summed E-state index contributed by atoms with van der Waals surface area (Å²) in [5.41, 5.74) is 1.50. The number of nitro benzene ring substituents is 1. The van der Waals surface area contributed by atoms with Crippen LogP contribution in [0.25, 0.3) is 0 Å². The Morgan fingerprint density at radius 3 is 2.88 bits per heavy atom. The van der Waals surface area contributed by atoms with E-state index in [2.05, 4.69) is 11.6 Å². The van der Waals surface area contributed by atoms with Gasteiger partial charge in [-0.1, -0.05) is 12.1 Å². The second kappa shape index (κ2) is 6.37. The predicted molar refractivity (Wildman–Crippen MR) is 69.3 cm³/mol. The zero-order chi connectivity index (χ0) is 12.0. The summed E-state index contributed by atoms with van der Waals surface area (Å²) in [7, 11) is 0. The maximum atomic E-state index is 10.9. The van der Waals surface area contributed by atoms with Crippen molar-refractivity contribution in [2.45, 2.75) is 13.3 Å². The van der Waals surface area contributed by atoms with Gasteiger partial charge in [-0.25, -0.2) is 0 Å². The fourth-order valence-electron chi connectivity index (χ4n) is 1.48. The Labute approximate surface area is 99.6 Å². The molecule has 0 bridgehead atoms. The largest absolute Gasteiger partial charge is 0.379 e. The van der Waals surface area contributed by atoms with Gasteiger partial charge in [0, 0.05) is 12.1 Å². The number of hydrogen-bond acceptors (Lipinski definition) is 4. The number of hydrogen-bond donors (Lipinski definition) is 1. The van der Waals surface area contributed by atoms with Crippen molar-refractivity contribution in [3.8, 4) is 0 Å². The molecule has 0 aromatic heterocycles. The topological polar surface area (TPSA) is 55.2 Å². The first kappa shape index (κ1) is 12.8. The molecule has 0 aliphatic rings. The van der Waals surface area contributed by atoms with Crippen LogP contribution in [0.5, 0.6) is 0 Å². The van der Waals surface area contributed by atoms with E-state index in [9.17, 15) is 10.1 Å². The summed E-state index contributed by atoms with van der Waals surface area (Å²) >= 11 is 1.78. The van der Waals surface area contributed by atoms with Crippen LogP contribution in [0.4, 0.5) is 11.4 Å². The van der Waals surface area contributed by atoms with Gasteiger partial charge in [-0.05, 0) is 31.4 Å². The van der Waals surface area contributed by atoms with E-state index in [0.29, 0.717) is 11.3 Å². The molecule has 5 heteroatoms. The summed E-state index contributed by atoms with van der Waals surface area (Å²) in [6.07, 6.45) is 3.06. The summed E-state index contributed by atoms with van der Waals surface area (Å²) in [4.78, 5) is 10.6. The average Bonchev–Trinajstić information content (AvgIpc) is 2.24. The fraction of sp³-hybridized carbons (Fsp3) is 0.455. The summed E-state index contributed by atoms with van der Waals surface area (Å²) in [5, 5.41) is 14.0. The van der Waals surface area contributed by atoms with E-state index >= 15 is 0 Å². The molecule has 0 saturated heterocycles. The minimum atomic E-state index is -0.327. The molecule has 0 heterocycles. The summed E-state index contributed by atoms with van der Waals surface area (Å²) in [6.45, 7) is 2.52. The van der Waals surface area contributed by atoms with Crippen molar-refractivity contribution in [2.24, 2.45) is 0 Å². The van der Waals surface area contributed by atoms with E-state index in [-0.39, 0.29) is 10.6 Å². The lowest BCUT2D eigenvalue weighted by Gasteiger charge is -2.07. The predicted octanol–water partition coefficient (Wildman–Crippen LogP) is 3.07. The molecule has 0 spiro atoms. The molecule has 1 rings (SSSR count). The lowest BCUT2D eigenvalue weighted by molar-refractivity contribution is -0.384. The number of nitrogens with one attached hydrogen (secondary N) is 1. The number of rotatable bonds is 6. The second-order valence-corrected chi connectivity index (χ2v) is 4.49. The maximum Gasteiger partial charge on any atom is 0.295 e. The first-order valence-corrected chi connectivity index (χ1v) is 6.53. The van der Waals surface area contributed by atoms with Gasteiger partial charge in [-0.2, -0.15) is 11.8 Å². The van der Waals surface area contributed by atoms with E-state index in [1.165, 1.54) is 0 Å². The van der Waals surface area contributed by atoms with Crippen LogP contribution in [0.15, 0.2) is 18.2 Å². The maximum absolute atomic E-state index is 10.9. The van der Waals surface area contributed by atoms with Gasteiger partial charge in [-0.3, -0.25) is 10.1 Å². The minimum absolute atomic E-state index is 0.187.